The molecule has 3 atom stereocenters. The van der Waals surface area contributed by atoms with Gasteiger partial charge >= 0.3 is 0 Å². The number of aliphatic hydroxyl groups excluding tert-OH is 4. The minimum absolute atomic E-state index is 0.0195. The molecule has 0 aromatic rings. The molecular weight excluding hydrogens is 228 g/mol. The molecular formula is C11H24O6. The highest BCUT2D eigenvalue weighted by atomic mass is 16.5. The van der Waals surface area contributed by atoms with Gasteiger partial charge in [-0.25, -0.2) is 0 Å². The van der Waals surface area contributed by atoms with E-state index in [2.05, 4.69) is 0 Å². The van der Waals surface area contributed by atoms with Crippen LogP contribution in [0.3, 0.4) is 0 Å². The van der Waals surface area contributed by atoms with Gasteiger partial charge < -0.3 is 29.9 Å². The van der Waals surface area contributed by atoms with Crippen LogP contribution in [0.4, 0.5) is 0 Å². The summed E-state index contributed by atoms with van der Waals surface area (Å²) in [6.45, 7) is 2.51. The molecule has 0 aromatic heterocycles. The molecule has 0 heterocycles. The van der Waals surface area contributed by atoms with Crippen molar-refractivity contribution in [1.29, 1.82) is 0 Å². The second-order valence-corrected chi connectivity index (χ2v) is 3.91. The topological polar surface area (TPSA) is 99.4 Å². The Bertz CT molecular complexity index is 166. The van der Waals surface area contributed by atoms with Gasteiger partial charge in [0.2, 0.25) is 0 Å². The molecule has 6 heteroatoms. The molecule has 0 radical (unpaired) electrons. The van der Waals surface area contributed by atoms with E-state index in [9.17, 15) is 10.2 Å². The normalized spacial score (nSPS) is 16.8. The van der Waals surface area contributed by atoms with Crippen LogP contribution in [0.15, 0.2) is 0 Å². The van der Waals surface area contributed by atoms with Crippen LogP contribution in [-0.4, -0.2) is 71.8 Å². The lowest BCUT2D eigenvalue weighted by molar-refractivity contribution is -0.0556. The summed E-state index contributed by atoms with van der Waals surface area (Å²) in [6.07, 6.45) is -1.60. The maximum Gasteiger partial charge on any atom is 0.103 e. The summed E-state index contributed by atoms with van der Waals surface area (Å²) in [4.78, 5) is 0. The smallest absolute Gasteiger partial charge is 0.103 e. The monoisotopic (exact) mass is 252 g/mol. The van der Waals surface area contributed by atoms with Crippen LogP contribution in [0.25, 0.3) is 0 Å². The van der Waals surface area contributed by atoms with Gasteiger partial charge in [-0.3, -0.25) is 0 Å². The van der Waals surface area contributed by atoms with Crippen molar-refractivity contribution in [2.24, 2.45) is 0 Å². The van der Waals surface area contributed by atoms with Crippen molar-refractivity contribution in [3.05, 3.63) is 0 Å². The Morgan fingerprint density at radius 2 is 1.59 bits per heavy atom. The first-order chi connectivity index (χ1) is 8.11. The highest BCUT2D eigenvalue weighted by molar-refractivity contribution is 4.66. The van der Waals surface area contributed by atoms with E-state index in [1.807, 2.05) is 6.92 Å². The van der Waals surface area contributed by atoms with Gasteiger partial charge in [0.15, 0.2) is 0 Å². The van der Waals surface area contributed by atoms with Crippen LogP contribution in [0.2, 0.25) is 0 Å². The van der Waals surface area contributed by atoms with E-state index < -0.39 is 18.3 Å². The molecule has 0 saturated carbocycles. The molecule has 0 aromatic carbocycles. The Hall–Kier alpha value is -0.240. The highest BCUT2D eigenvalue weighted by Gasteiger charge is 2.16. The van der Waals surface area contributed by atoms with Crippen LogP contribution in [0, 0.1) is 0 Å². The van der Waals surface area contributed by atoms with Crippen molar-refractivity contribution >= 4 is 0 Å². The minimum atomic E-state index is -0.923. The van der Waals surface area contributed by atoms with E-state index in [1.54, 1.807) is 0 Å². The average Bonchev–Trinajstić information content (AvgIpc) is 2.34. The molecule has 3 unspecified atom stereocenters. The summed E-state index contributed by atoms with van der Waals surface area (Å²) in [7, 11) is 0. The zero-order chi connectivity index (χ0) is 13.1. The fourth-order valence-electron chi connectivity index (χ4n) is 1.13. The number of aliphatic hydroxyl groups is 4. The summed E-state index contributed by atoms with van der Waals surface area (Å²) in [5.74, 6) is 0. The maximum absolute atomic E-state index is 9.52. The zero-order valence-corrected chi connectivity index (χ0v) is 10.3. The van der Waals surface area contributed by atoms with Crippen molar-refractivity contribution in [3.63, 3.8) is 0 Å². The molecule has 6 nitrogen and oxygen atoms in total. The molecule has 4 N–H and O–H groups in total. The van der Waals surface area contributed by atoms with Crippen LogP contribution in [-0.2, 0) is 9.47 Å². The SMILES string of the molecule is CCCOCC(O)C(O)CCOCC(O)CO. The fourth-order valence-corrected chi connectivity index (χ4v) is 1.13. The van der Waals surface area contributed by atoms with E-state index in [4.69, 9.17) is 19.7 Å². The standard InChI is InChI=1S/C11H24O6/c1-2-4-16-8-11(15)10(14)3-5-17-7-9(13)6-12/h9-15H,2-8H2,1H3. The van der Waals surface area contributed by atoms with Crippen LogP contribution < -0.4 is 0 Å². The van der Waals surface area contributed by atoms with Crippen molar-refractivity contribution < 1.29 is 29.9 Å². The zero-order valence-electron chi connectivity index (χ0n) is 10.3. The van der Waals surface area contributed by atoms with Crippen LogP contribution >= 0.6 is 0 Å². The van der Waals surface area contributed by atoms with Crippen LogP contribution in [0.5, 0.6) is 0 Å². The second kappa shape index (κ2) is 10.9. The molecule has 0 aliphatic carbocycles. The third-order valence-electron chi connectivity index (χ3n) is 2.16. The fraction of sp³-hybridized carbons (Fsp3) is 1.00. The lowest BCUT2D eigenvalue weighted by Crippen LogP contribution is -2.32. The van der Waals surface area contributed by atoms with Gasteiger partial charge in [0.1, 0.15) is 12.2 Å². The Morgan fingerprint density at radius 1 is 0.941 bits per heavy atom. The van der Waals surface area contributed by atoms with Gasteiger partial charge in [-0.1, -0.05) is 6.92 Å². The largest absolute Gasteiger partial charge is 0.394 e. The van der Waals surface area contributed by atoms with Crippen molar-refractivity contribution in [1.82, 2.24) is 0 Å². The summed E-state index contributed by atoms with van der Waals surface area (Å²) >= 11 is 0. The van der Waals surface area contributed by atoms with Gasteiger partial charge in [-0.05, 0) is 12.8 Å². The number of hydrogen-bond donors (Lipinski definition) is 4. The molecule has 0 bridgehead atoms. The van der Waals surface area contributed by atoms with Crippen molar-refractivity contribution in [2.45, 2.75) is 38.1 Å². The van der Waals surface area contributed by atoms with Crippen LogP contribution in [0.1, 0.15) is 19.8 Å². The third kappa shape index (κ3) is 9.46. The number of rotatable bonds is 11. The molecule has 0 saturated heterocycles. The number of hydrogen-bond acceptors (Lipinski definition) is 6. The molecule has 0 rings (SSSR count). The number of ether oxygens (including phenoxy) is 2. The Labute approximate surface area is 102 Å². The molecule has 0 aliphatic heterocycles. The molecule has 0 aliphatic rings. The van der Waals surface area contributed by atoms with Gasteiger partial charge in [-0.2, -0.15) is 0 Å². The summed E-state index contributed by atoms with van der Waals surface area (Å²) in [5, 5.41) is 36.5. The third-order valence-corrected chi connectivity index (χ3v) is 2.16. The summed E-state index contributed by atoms with van der Waals surface area (Å²) in [5.41, 5.74) is 0. The quantitative estimate of drug-likeness (QED) is 0.348. The predicted octanol–water partition coefficient (Wildman–Crippen LogP) is -1.11. The first-order valence-corrected chi connectivity index (χ1v) is 5.92. The molecule has 104 valence electrons. The highest BCUT2D eigenvalue weighted by Crippen LogP contribution is 2.01. The summed E-state index contributed by atoms with van der Waals surface area (Å²) < 4.78 is 10.1. The second-order valence-electron chi connectivity index (χ2n) is 3.91. The van der Waals surface area contributed by atoms with Gasteiger partial charge in [0.25, 0.3) is 0 Å². The van der Waals surface area contributed by atoms with Crippen molar-refractivity contribution in [3.8, 4) is 0 Å². The summed E-state index contributed by atoms with van der Waals surface area (Å²) in [6, 6.07) is 0. The lowest BCUT2D eigenvalue weighted by atomic mass is 10.1. The van der Waals surface area contributed by atoms with E-state index in [0.29, 0.717) is 6.61 Å². The van der Waals surface area contributed by atoms with E-state index in [0.717, 1.165) is 6.42 Å². The Balaban J connectivity index is 3.46. The molecule has 0 amide bonds. The lowest BCUT2D eigenvalue weighted by Gasteiger charge is -2.18. The molecule has 0 spiro atoms. The molecule has 0 fully saturated rings. The first-order valence-electron chi connectivity index (χ1n) is 5.92. The minimum Gasteiger partial charge on any atom is -0.394 e. The van der Waals surface area contributed by atoms with Gasteiger partial charge in [0, 0.05) is 13.2 Å². The van der Waals surface area contributed by atoms with E-state index in [-0.39, 0.29) is 32.8 Å². The predicted molar refractivity (Wildman–Crippen MR) is 61.7 cm³/mol. The van der Waals surface area contributed by atoms with Gasteiger partial charge in [-0.15, -0.1) is 0 Å². The maximum atomic E-state index is 9.52. The average molecular weight is 252 g/mol. The van der Waals surface area contributed by atoms with Crippen molar-refractivity contribution in [2.75, 3.05) is 33.0 Å². The van der Waals surface area contributed by atoms with Gasteiger partial charge in [0.05, 0.1) is 25.9 Å². The Kier molecular flexibility index (Phi) is 10.7. The van der Waals surface area contributed by atoms with E-state index in [1.165, 1.54) is 0 Å². The van der Waals surface area contributed by atoms with E-state index >= 15 is 0 Å². The Morgan fingerprint density at radius 3 is 2.18 bits per heavy atom. The molecule has 17 heavy (non-hydrogen) atoms. The first kappa shape index (κ1) is 16.8.